The van der Waals surface area contributed by atoms with Gasteiger partial charge in [-0.05, 0) is 44.9 Å². The molecule has 0 aliphatic heterocycles. The molecule has 1 saturated carbocycles. The monoisotopic (exact) mass is 271 g/mol. The second-order valence-electron chi connectivity index (χ2n) is 5.92. The van der Waals surface area contributed by atoms with Gasteiger partial charge in [-0.2, -0.15) is 0 Å². The number of fused-ring (bicyclic) bond motifs is 1. The highest BCUT2D eigenvalue weighted by Crippen LogP contribution is 2.32. The quantitative estimate of drug-likeness (QED) is 0.841. The first-order chi connectivity index (χ1) is 9.65. The van der Waals surface area contributed by atoms with E-state index in [1.54, 1.807) is 0 Å². The second-order valence-corrected chi connectivity index (χ2v) is 5.92. The minimum absolute atomic E-state index is 0.139. The third kappa shape index (κ3) is 2.45. The normalized spacial score (nSPS) is 16.1. The molecule has 3 nitrogen and oxygen atoms in total. The molecule has 0 radical (unpaired) electrons. The van der Waals surface area contributed by atoms with Crippen LogP contribution < -0.4 is 4.74 Å². The van der Waals surface area contributed by atoms with Crippen molar-refractivity contribution in [1.82, 2.24) is 4.98 Å². The summed E-state index contributed by atoms with van der Waals surface area (Å²) in [7, 11) is 0. The molecule has 1 N–H and O–H groups in total. The Morgan fingerprint density at radius 1 is 1.30 bits per heavy atom. The number of aromatic nitrogens is 1. The zero-order chi connectivity index (χ0) is 14.1. The van der Waals surface area contributed by atoms with Gasteiger partial charge in [-0.25, -0.2) is 0 Å². The van der Waals surface area contributed by atoms with E-state index in [4.69, 9.17) is 4.74 Å². The van der Waals surface area contributed by atoms with Crippen LogP contribution in [0.5, 0.6) is 5.75 Å². The van der Waals surface area contributed by atoms with Crippen molar-refractivity contribution in [2.24, 2.45) is 5.92 Å². The van der Waals surface area contributed by atoms with Crippen molar-refractivity contribution >= 4 is 16.7 Å². The number of carbonyl (C=O) groups is 1. The minimum atomic E-state index is 0.139. The fourth-order valence-electron chi connectivity index (χ4n) is 3.06. The number of hydrogen-bond donors (Lipinski definition) is 1. The lowest BCUT2D eigenvalue weighted by atomic mass is 9.96. The molecule has 0 bridgehead atoms. The van der Waals surface area contributed by atoms with E-state index < -0.39 is 0 Å². The third-order valence-corrected chi connectivity index (χ3v) is 4.02. The number of Topliss-reactive ketones (excluding diaryl/α,β-unsaturated/α-hetero) is 1. The molecule has 1 fully saturated rings. The van der Waals surface area contributed by atoms with Gasteiger partial charge in [0.15, 0.2) is 5.78 Å². The minimum Gasteiger partial charge on any atom is -0.491 e. The van der Waals surface area contributed by atoms with Crippen LogP contribution >= 0.6 is 0 Å². The van der Waals surface area contributed by atoms with Crippen LogP contribution in [0.2, 0.25) is 0 Å². The van der Waals surface area contributed by atoms with E-state index in [-0.39, 0.29) is 17.8 Å². The van der Waals surface area contributed by atoms with E-state index in [0.717, 1.165) is 35.1 Å². The maximum absolute atomic E-state index is 12.6. The molecular formula is C17H21NO2. The molecule has 1 aliphatic carbocycles. The summed E-state index contributed by atoms with van der Waals surface area (Å²) >= 11 is 0. The Kier molecular flexibility index (Phi) is 3.51. The summed E-state index contributed by atoms with van der Waals surface area (Å²) in [5, 5.41) is 0.986. The zero-order valence-electron chi connectivity index (χ0n) is 12.1. The van der Waals surface area contributed by atoms with Crippen molar-refractivity contribution in [3.05, 3.63) is 30.0 Å². The van der Waals surface area contributed by atoms with Gasteiger partial charge in [0.2, 0.25) is 0 Å². The summed E-state index contributed by atoms with van der Waals surface area (Å²) in [5.41, 5.74) is 1.82. The van der Waals surface area contributed by atoms with Gasteiger partial charge in [0.1, 0.15) is 5.75 Å². The number of ketones is 1. The van der Waals surface area contributed by atoms with Crippen LogP contribution in [-0.4, -0.2) is 16.9 Å². The van der Waals surface area contributed by atoms with Gasteiger partial charge in [-0.1, -0.05) is 12.8 Å². The number of H-pyrrole nitrogens is 1. The number of ether oxygens (including phenoxy) is 1. The summed E-state index contributed by atoms with van der Waals surface area (Å²) in [5.74, 6) is 1.33. The lowest BCUT2D eigenvalue weighted by molar-refractivity contribution is 0.0924. The predicted molar refractivity (Wildman–Crippen MR) is 80.4 cm³/mol. The van der Waals surface area contributed by atoms with Crippen molar-refractivity contribution in [2.75, 3.05) is 0 Å². The first kappa shape index (κ1) is 13.2. The molecule has 106 valence electrons. The van der Waals surface area contributed by atoms with Crippen LogP contribution in [0.3, 0.4) is 0 Å². The van der Waals surface area contributed by atoms with Gasteiger partial charge in [0, 0.05) is 28.6 Å². The molecule has 1 aromatic heterocycles. The average Bonchev–Trinajstić information content (AvgIpc) is 3.06. The van der Waals surface area contributed by atoms with Crippen molar-refractivity contribution in [3.8, 4) is 5.75 Å². The van der Waals surface area contributed by atoms with Gasteiger partial charge < -0.3 is 9.72 Å². The molecule has 0 saturated heterocycles. The molecule has 20 heavy (non-hydrogen) atoms. The number of benzene rings is 1. The Morgan fingerprint density at radius 2 is 2.05 bits per heavy atom. The van der Waals surface area contributed by atoms with Gasteiger partial charge in [0.25, 0.3) is 0 Å². The Balaban J connectivity index is 1.96. The summed E-state index contributed by atoms with van der Waals surface area (Å²) in [6, 6.07) is 5.91. The predicted octanol–water partition coefficient (Wildman–Crippen LogP) is 4.33. The fourth-order valence-corrected chi connectivity index (χ4v) is 3.06. The van der Waals surface area contributed by atoms with Crippen molar-refractivity contribution in [3.63, 3.8) is 0 Å². The number of hydrogen-bond acceptors (Lipinski definition) is 2. The van der Waals surface area contributed by atoms with E-state index in [1.165, 1.54) is 12.8 Å². The Labute approximate surface area is 119 Å². The van der Waals surface area contributed by atoms with Crippen LogP contribution in [0.1, 0.15) is 49.9 Å². The van der Waals surface area contributed by atoms with E-state index in [9.17, 15) is 4.79 Å². The largest absolute Gasteiger partial charge is 0.491 e. The van der Waals surface area contributed by atoms with E-state index >= 15 is 0 Å². The van der Waals surface area contributed by atoms with Crippen molar-refractivity contribution < 1.29 is 9.53 Å². The van der Waals surface area contributed by atoms with Crippen LogP contribution in [0, 0.1) is 5.92 Å². The highest BCUT2D eigenvalue weighted by Gasteiger charge is 2.25. The molecular weight excluding hydrogens is 250 g/mol. The highest BCUT2D eigenvalue weighted by molar-refractivity contribution is 6.09. The zero-order valence-corrected chi connectivity index (χ0v) is 12.1. The molecule has 1 aliphatic rings. The van der Waals surface area contributed by atoms with Gasteiger partial charge in [-0.15, -0.1) is 0 Å². The van der Waals surface area contributed by atoms with Crippen molar-refractivity contribution in [1.29, 1.82) is 0 Å². The topological polar surface area (TPSA) is 42.1 Å². The van der Waals surface area contributed by atoms with Crippen molar-refractivity contribution in [2.45, 2.75) is 45.6 Å². The number of rotatable bonds is 4. The second kappa shape index (κ2) is 5.31. The first-order valence-corrected chi connectivity index (χ1v) is 7.47. The Hall–Kier alpha value is -1.77. The summed E-state index contributed by atoms with van der Waals surface area (Å²) in [6.45, 7) is 4.01. The standard InChI is InChI=1S/C17H21NO2/c1-11(2)20-13-7-8-16-14(9-13)15(10-18-16)17(19)12-5-3-4-6-12/h7-12,18H,3-6H2,1-2H3. The van der Waals surface area contributed by atoms with E-state index in [0.29, 0.717) is 0 Å². The van der Waals surface area contributed by atoms with Gasteiger partial charge >= 0.3 is 0 Å². The van der Waals surface area contributed by atoms with Gasteiger partial charge in [0.05, 0.1) is 6.10 Å². The van der Waals surface area contributed by atoms with E-state index in [1.807, 2.05) is 38.2 Å². The molecule has 3 rings (SSSR count). The number of carbonyl (C=O) groups excluding carboxylic acids is 1. The maximum Gasteiger partial charge on any atom is 0.168 e. The summed E-state index contributed by atoms with van der Waals surface area (Å²) < 4.78 is 5.73. The molecule has 0 unspecified atom stereocenters. The number of aromatic amines is 1. The van der Waals surface area contributed by atoms with Crippen LogP contribution in [0.15, 0.2) is 24.4 Å². The van der Waals surface area contributed by atoms with E-state index in [2.05, 4.69) is 4.98 Å². The molecule has 1 aromatic carbocycles. The average molecular weight is 271 g/mol. The Morgan fingerprint density at radius 3 is 2.75 bits per heavy atom. The van der Waals surface area contributed by atoms with Gasteiger partial charge in [-0.3, -0.25) is 4.79 Å². The summed E-state index contributed by atoms with van der Waals surface area (Å²) in [4.78, 5) is 15.8. The molecule has 0 atom stereocenters. The summed E-state index contributed by atoms with van der Waals surface area (Å²) in [6.07, 6.45) is 6.42. The molecule has 1 heterocycles. The van der Waals surface area contributed by atoms with Crippen LogP contribution in [0.4, 0.5) is 0 Å². The SMILES string of the molecule is CC(C)Oc1ccc2[nH]cc(C(=O)C3CCCC3)c2c1. The first-order valence-electron chi connectivity index (χ1n) is 7.47. The molecule has 2 aromatic rings. The van der Waals surface area contributed by atoms with Crippen LogP contribution in [-0.2, 0) is 0 Å². The smallest absolute Gasteiger partial charge is 0.168 e. The molecule has 0 spiro atoms. The fraction of sp³-hybridized carbons (Fsp3) is 0.471. The number of nitrogens with one attached hydrogen (secondary N) is 1. The lowest BCUT2D eigenvalue weighted by Gasteiger charge is -2.10. The Bertz CT molecular complexity index is 621. The molecule has 0 amide bonds. The lowest BCUT2D eigenvalue weighted by Crippen LogP contribution is -2.10. The third-order valence-electron chi connectivity index (χ3n) is 4.02. The highest BCUT2D eigenvalue weighted by atomic mass is 16.5. The van der Waals surface area contributed by atoms with Crippen LogP contribution in [0.25, 0.3) is 10.9 Å². The maximum atomic E-state index is 12.6. The molecule has 3 heteroatoms.